The molecule has 0 spiro atoms. The molecule has 0 bridgehead atoms. The average Bonchev–Trinajstić information content (AvgIpc) is 2.44. The van der Waals surface area contributed by atoms with Crippen molar-refractivity contribution in [2.24, 2.45) is 0 Å². The zero-order valence-corrected chi connectivity index (χ0v) is 12.1. The van der Waals surface area contributed by atoms with Crippen LogP contribution in [0.2, 0.25) is 0 Å². The maximum atomic E-state index is 11.3. The van der Waals surface area contributed by atoms with Crippen LogP contribution < -0.4 is 10.1 Å². The van der Waals surface area contributed by atoms with Crippen LogP contribution in [0.25, 0.3) is 0 Å². The number of hydrogen-bond donors (Lipinski definition) is 1. The van der Waals surface area contributed by atoms with Gasteiger partial charge in [-0.25, -0.2) is 8.42 Å². The Kier molecular flexibility index (Phi) is 4.63. The van der Waals surface area contributed by atoms with Crippen LogP contribution >= 0.6 is 0 Å². The van der Waals surface area contributed by atoms with Crippen molar-refractivity contribution in [3.8, 4) is 5.75 Å². The lowest BCUT2D eigenvalue weighted by Gasteiger charge is -2.09. The number of hydrogen-bond acceptors (Lipinski definition) is 4. The second-order valence-electron chi connectivity index (χ2n) is 4.38. The Hall–Kier alpha value is -2.01. The molecule has 0 radical (unpaired) electrons. The minimum Gasteiger partial charge on any atom is -0.492 e. The van der Waals surface area contributed by atoms with Crippen molar-refractivity contribution in [2.75, 3.05) is 24.7 Å². The molecule has 4 nitrogen and oxygen atoms in total. The molecule has 2 aromatic carbocycles. The molecule has 0 aliphatic rings. The molecular formula is C15H17NO3S. The van der Waals surface area contributed by atoms with Gasteiger partial charge in [0.05, 0.1) is 4.90 Å². The molecule has 0 heterocycles. The molecule has 0 aliphatic carbocycles. The molecule has 20 heavy (non-hydrogen) atoms. The Morgan fingerprint density at radius 2 is 1.65 bits per heavy atom. The number of anilines is 1. The SMILES string of the molecule is CS(=O)(=O)c1ccc(NCCOc2ccccc2)cc1. The van der Waals surface area contributed by atoms with Gasteiger partial charge < -0.3 is 10.1 Å². The Morgan fingerprint density at radius 1 is 1.00 bits per heavy atom. The lowest BCUT2D eigenvalue weighted by Crippen LogP contribution is -2.11. The molecule has 0 aromatic heterocycles. The van der Waals surface area contributed by atoms with Gasteiger partial charge >= 0.3 is 0 Å². The summed E-state index contributed by atoms with van der Waals surface area (Å²) in [6.07, 6.45) is 1.20. The van der Waals surface area contributed by atoms with Crippen LogP contribution in [-0.2, 0) is 9.84 Å². The monoisotopic (exact) mass is 291 g/mol. The highest BCUT2D eigenvalue weighted by molar-refractivity contribution is 7.90. The second kappa shape index (κ2) is 6.43. The number of para-hydroxylation sites is 1. The summed E-state index contributed by atoms with van der Waals surface area (Å²) in [5, 5.41) is 3.17. The summed E-state index contributed by atoms with van der Waals surface area (Å²) in [4.78, 5) is 0.323. The average molecular weight is 291 g/mol. The Bertz CT molecular complexity index is 637. The first kappa shape index (κ1) is 14.4. The first-order valence-corrected chi connectivity index (χ1v) is 8.17. The van der Waals surface area contributed by atoms with Gasteiger partial charge in [0.1, 0.15) is 12.4 Å². The van der Waals surface area contributed by atoms with Crippen LogP contribution in [0.5, 0.6) is 5.75 Å². The van der Waals surface area contributed by atoms with Crippen LogP contribution in [0.15, 0.2) is 59.5 Å². The molecule has 0 saturated heterocycles. The van der Waals surface area contributed by atoms with E-state index in [9.17, 15) is 8.42 Å². The van der Waals surface area contributed by atoms with E-state index >= 15 is 0 Å². The van der Waals surface area contributed by atoms with Crippen LogP contribution in [0.4, 0.5) is 5.69 Å². The third-order valence-electron chi connectivity index (χ3n) is 2.73. The van der Waals surface area contributed by atoms with Crippen LogP contribution in [0.1, 0.15) is 0 Å². The fourth-order valence-corrected chi connectivity index (χ4v) is 2.33. The fraction of sp³-hybridized carbons (Fsp3) is 0.200. The third kappa shape index (κ3) is 4.28. The molecule has 2 rings (SSSR count). The summed E-state index contributed by atoms with van der Waals surface area (Å²) < 4.78 is 28.2. The summed E-state index contributed by atoms with van der Waals surface area (Å²) >= 11 is 0. The zero-order valence-electron chi connectivity index (χ0n) is 11.2. The lowest BCUT2D eigenvalue weighted by atomic mass is 10.3. The molecule has 5 heteroatoms. The van der Waals surface area contributed by atoms with Gasteiger partial charge in [-0.1, -0.05) is 18.2 Å². The molecule has 0 saturated carbocycles. The van der Waals surface area contributed by atoms with Gasteiger partial charge in [-0.3, -0.25) is 0 Å². The smallest absolute Gasteiger partial charge is 0.175 e. The molecular weight excluding hydrogens is 274 g/mol. The van der Waals surface area contributed by atoms with Crippen molar-refractivity contribution < 1.29 is 13.2 Å². The van der Waals surface area contributed by atoms with E-state index in [1.54, 1.807) is 24.3 Å². The summed E-state index contributed by atoms with van der Waals surface area (Å²) in [5.74, 6) is 0.835. The van der Waals surface area contributed by atoms with E-state index < -0.39 is 9.84 Å². The highest BCUT2D eigenvalue weighted by Crippen LogP contribution is 2.13. The van der Waals surface area contributed by atoms with E-state index in [-0.39, 0.29) is 0 Å². The van der Waals surface area contributed by atoms with Crippen LogP contribution in [-0.4, -0.2) is 27.8 Å². The first-order valence-electron chi connectivity index (χ1n) is 6.27. The number of benzene rings is 2. The van der Waals surface area contributed by atoms with Crippen LogP contribution in [0, 0.1) is 0 Å². The van der Waals surface area contributed by atoms with E-state index in [1.165, 1.54) is 6.26 Å². The van der Waals surface area contributed by atoms with Gasteiger partial charge in [0.25, 0.3) is 0 Å². The zero-order chi connectivity index (χ0) is 14.4. The van der Waals surface area contributed by atoms with E-state index in [4.69, 9.17) is 4.74 Å². The minimum absolute atomic E-state index is 0.323. The van der Waals surface area contributed by atoms with Crippen molar-refractivity contribution in [3.05, 3.63) is 54.6 Å². The third-order valence-corrected chi connectivity index (χ3v) is 3.85. The van der Waals surface area contributed by atoms with Gasteiger partial charge in [0.2, 0.25) is 0 Å². The van der Waals surface area contributed by atoms with E-state index in [0.29, 0.717) is 18.0 Å². The van der Waals surface area contributed by atoms with Crippen molar-refractivity contribution in [3.63, 3.8) is 0 Å². The maximum absolute atomic E-state index is 11.3. The van der Waals surface area contributed by atoms with Crippen molar-refractivity contribution in [2.45, 2.75) is 4.90 Å². The summed E-state index contributed by atoms with van der Waals surface area (Å²) in [6.45, 7) is 1.19. The molecule has 0 atom stereocenters. The highest BCUT2D eigenvalue weighted by Gasteiger charge is 2.05. The molecule has 0 aliphatic heterocycles. The van der Waals surface area contributed by atoms with Gasteiger partial charge in [-0.15, -0.1) is 0 Å². The van der Waals surface area contributed by atoms with Gasteiger partial charge in [0, 0.05) is 18.5 Å². The normalized spacial score (nSPS) is 11.1. The Labute approximate surface area is 119 Å². The minimum atomic E-state index is -3.13. The van der Waals surface area contributed by atoms with E-state index in [0.717, 1.165) is 11.4 Å². The van der Waals surface area contributed by atoms with E-state index in [2.05, 4.69) is 5.32 Å². The molecule has 0 fully saturated rings. The van der Waals surface area contributed by atoms with Gasteiger partial charge in [0.15, 0.2) is 9.84 Å². The molecule has 0 unspecified atom stereocenters. The number of sulfone groups is 1. The van der Waals surface area contributed by atoms with Crippen LogP contribution in [0.3, 0.4) is 0 Å². The maximum Gasteiger partial charge on any atom is 0.175 e. The first-order chi connectivity index (χ1) is 9.55. The van der Waals surface area contributed by atoms with Crippen molar-refractivity contribution in [1.29, 1.82) is 0 Å². The standard InChI is InChI=1S/C15H17NO3S/c1-20(17,18)15-9-7-13(8-10-15)16-11-12-19-14-5-3-2-4-6-14/h2-10,16H,11-12H2,1H3. The summed E-state index contributed by atoms with van der Waals surface area (Å²) in [7, 11) is -3.13. The Morgan fingerprint density at radius 3 is 2.25 bits per heavy atom. The number of ether oxygens (including phenoxy) is 1. The number of nitrogens with one attached hydrogen (secondary N) is 1. The predicted octanol–water partition coefficient (Wildman–Crippen LogP) is 2.58. The second-order valence-corrected chi connectivity index (χ2v) is 6.40. The lowest BCUT2D eigenvalue weighted by molar-refractivity contribution is 0.333. The predicted molar refractivity (Wildman–Crippen MR) is 80.0 cm³/mol. The van der Waals surface area contributed by atoms with Crippen molar-refractivity contribution >= 4 is 15.5 Å². The highest BCUT2D eigenvalue weighted by atomic mass is 32.2. The van der Waals surface area contributed by atoms with Gasteiger partial charge in [-0.2, -0.15) is 0 Å². The van der Waals surface area contributed by atoms with Crippen molar-refractivity contribution in [1.82, 2.24) is 0 Å². The summed E-state index contributed by atoms with van der Waals surface area (Å²) in [5.41, 5.74) is 0.870. The molecule has 1 N–H and O–H groups in total. The summed E-state index contributed by atoms with van der Waals surface area (Å²) in [6, 6.07) is 16.3. The molecule has 106 valence electrons. The quantitative estimate of drug-likeness (QED) is 0.831. The van der Waals surface area contributed by atoms with Gasteiger partial charge in [-0.05, 0) is 36.4 Å². The molecule has 0 amide bonds. The largest absolute Gasteiger partial charge is 0.492 e. The topological polar surface area (TPSA) is 55.4 Å². The van der Waals surface area contributed by atoms with E-state index in [1.807, 2.05) is 30.3 Å². The number of rotatable bonds is 6. The Balaban J connectivity index is 1.80. The fourth-order valence-electron chi connectivity index (χ4n) is 1.70. The molecule has 2 aromatic rings.